The van der Waals surface area contributed by atoms with E-state index in [1.54, 1.807) is 19.1 Å². The third-order valence-electron chi connectivity index (χ3n) is 3.40. The first-order valence-electron chi connectivity index (χ1n) is 6.77. The van der Waals surface area contributed by atoms with Crippen molar-refractivity contribution in [3.05, 3.63) is 47.5 Å². The van der Waals surface area contributed by atoms with E-state index in [1.807, 2.05) is 31.2 Å². The Balaban J connectivity index is 2.09. The van der Waals surface area contributed by atoms with Gasteiger partial charge in [-0.2, -0.15) is 0 Å². The lowest BCUT2D eigenvalue weighted by Crippen LogP contribution is -2.51. The number of ether oxygens (including phenoxy) is 1. The van der Waals surface area contributed by atoms with Gasteiger partial charge in [0.15, 0.2) is 5.60 Å². The summed E-state index contributed by atoms with van der Waals surface area (Å²) in [6.45, 7) is 4.13. The average Bonchev–Trinajstić information content (AvgIpc) is 2.43. The molecule has 1 aromatic rings. The highest BCUT2D eigenvalue weighted by Gasteiger charge is 2.42. The molecule has 1 atom stereocenters. The molecule has 1 amide bonds. The Bertz CT molecular complexity index is 550. The fourth-order valence-corrected chi connectivity index (χ4v) is 2.28. The predicted molar refractivity (Wildman–Crippen MR) is 76.4 cm³/mol. The van der Waals surface area contributed by atoms with Gasteiger partial charge in [-0.25, -0.2) is 4.79 Å². The molecule has 0 spiro atoms. The Morgan fingerprint density at radius 2 is 2.20 bits per heavy atom. The van der Waals surface area contributed by atoms with Crippen LogP contribution in [0.5, 0.6) is 0 Å². The lowest BCUT2D eigenvalue weighted by molar-refractivity contribution is -0.139. The lowest BCUT2D eigenvalue weighted by Gasteiger charge is -2.33. The summed E-state index contributed by atoms with van der Waals surface area (Å²) in [6, 6.07) is 7.24. The van der Waals surface area contributed by atoms with E-state index in [2.05, 4.69) is 5.32 Å². The zero-order chi connectivity index (χ0) is 14.6. The number of cyclic esters (lactones) is 1. The summed E-state index contributed by atoms with van der Waals surface area (Å²) in [7, 11) is 0. The fraction of sp³-hybridized carbons (Fsp3) is 0.375. The summed E-state index contributed by atoms with van der Waals surface area (Å²) in [4.78, 5) is 24.2. The molecule has 4 heteroatoms. The van der Waals surface area contributed by atoms with Gasteiger partial charge in [0.2, 0.25) is 0 Å². The minimum absolute atomic E-state index is 0.246. The predicted octanol–water partition coefficient (Wildman–Crippen LogP) is 2.24. The number of rotatable bonds is 4. The van der Waals surface area contributed by atoms with Crippen molar-refractivity contribution >= 4 is 11.9 Å². The van der Waals surface area contributed by atoms with E-state index >= 15 is 0 Å². The van der Waals surface area contributed by atoms with Crippen molar-refractivity contribution in [3.8, 4) is 0 Å². The van der Waals surface area contributed by atoms with Crippen LogP contribution in [0.3, 0.4) is 0 Å². The second-order valence-electron chi connectivity index (χ2n) is 5.07. The van der Waals surface area contributed by atoms with E-state index in [-0.39, 0.29) is 5.91 Å². The Kier molecular flexibility index (Phi) is 4.23. The molecule has 0 fully saturated rings. The summed E-state index contributed by atoms with van der Waals surface area (Å²) in [6.07, 6.45) is 5.09. The molecule has 0 saturated heterocycles. The quantitative estimate of drug-likeness (QED) is 0.520. The summed E-state index contributed by atoms with van der Waals surface area (Å²) < 4.78 is 5.35. The first-order chi connectivity index (χ1) is 9.57. The van der Waals surface area contributed by atoms with Gasteiger partial charge < -0.3 is 10.1 Å². The van der Waals surface area contributed by atoms with Crippen molar-refractivity contribution in [1.82, 2.24) is 5.32 Å². The molecule has 1 heterocycles. The van der Waals surface area contributed by atoms with Gasteiger partial charge in [-0.1, -0.05) is 30.4 Å². The third-order valence-corrected chi connectivity index (χ3v) is 3.40. The molecule has 0 aromatic heterocycles. The number of amides is 1. The van der Waals surface area contributed by atoms with Gasteiger partial charge in [0, 0.05) is 13.0 Å². The zero-order valence-corrected chi connectivity index (χ0v) is 11.8. The first kappa shape index (κ1) is 14.3. The van der Waals surface area contributed by atoms with Crippen LogP contribution in [-0.4, -0.2) is 24.0 Å². The van der Waals surface area contributed by atoms with Gasteiger partial charge in [0.1, 0.15) is 0 Å². The molecule has 0 aliphatic carbocycles. The number of hydrogen-bond donors (Lipinski definition) is 1. The number of esters is 1. The number of hydrogen-bond acceptors (Lipinski definition) is 3. The highest BCUT2D eigenvalue weighted by molar-refractivity contribution is 5.97. The molecular weight excluding hydrogens is 254 g/mol. The van der Waals surface area contributed by atoms with E-state index in [0.29, 0.717) is 18.5 Å². The van der Waals surface area contributed by atoms with Crippen LogP contribution in [0.25, 0.3) is 0 Å². The normalized spacial score (nSPS) is 21.4. The molecule has 1 aliphatic heterocycles. The molecular formula is C16H19NO3. The van der Waals surface area contributed by atoms with Crippen molar-refractivity contribution in [3.63, 3.8) is 0 Å². The van der Waals surface area contributed by atoms with Gasteiger partial charge in [-0.3, -0.25) is 4.79 Å². The molecule has 1 aromatic carbocycles. The van der Waals surface area contributed by atoms with Crippen LogP contribution in [0.1, 0.15) is 36.2 Å². The van der Waals surface area contributed by atoms with Crippen molar-refractivity contribution < 1.29 is 14.3 Å². The van der Waals surface area contributed by atoms with Crippen molar-refractivity contribution in [2.24, 2.45) is 0 Å². The summed E-state index contributed by atoms with van der Waals surface area (Å²) in [5.41, 5.74) is 0.281. The van der Waals surface area contributed by atoms with Crippen LogP contribution in [0, 0.1) is 0 Å². The number of allylic oxidation sites excluding steroid dienone is 1. The van der Waals surface area contributed by atoms with Gasteiger partial charge in [-0.15, -0.1) is 0 Å². The molecule has 1 aliphatic rings. The number of fused-ring (bicyclic) bond motifs is 1. The van der Waals surface area contributed by atoms with Gasteiger partial charge in [0.05, 0.1) is 5.56 Å². The molecule has 1 N–H and O–H groups in total. The topological polar surface area (TPSA) is 55.4 Å². The van der Waals surface area contributed by atoms with Crippen LogP contribution in [-0.2, 0) is 16.0 Å². The number of carbonyl (C=O) groups excluding carboxylic acids is 2. The Morgan fingerprint density at radius 3 is 2.95 bits per heavy atom. The van der Waals surface area contributed by atoms with Crippen LogP contribution in [0.4, 0.5) is 0 Å². The molecule has 0 radical (unpaired) electrons. The van der Waals surface area contributed by atoms with Crippen LogP contribution < -0.4 is 5.32 Å². The maximum atomic E-state index is 12.2. The molecule has 0 bridgehead atoms. The zero-order valence-electron chi connectivity index (χ0n) is 11.8. The monoisotopic (exact) mass is 273 g/mol. The van der Waals surface area contributed by atoms with E-state index in [0.717, 1.165) is 12.0 Å². The second kappa shape index (κ2) is 5.90. The number of benzene rings is 1. The van der Waals surface area contributed by atoms with Gasteiger partial charge in [-0.05, 0) is 31.9 Å². The second-order valence-corrected chi connectivity index (χ2v) is 5.07. The summed E-state index contributed by atoms with van der Waals surface area (Å²) in [5, 5.41) is 2.81. The third kappa shape index (κ3) is 2.90. The molecule has 0 unspecified atom stereocenters. The molecule has 106 valence electrons. The molecule has 20 heavy (non-hydrogen) atoms. The van der Waals surface area contributed by atoms with Gasteiger partial charge in [0.25, 0.3) is 5.91 Å². The summed E-state index contributed by atoms with van der Waals surface area (Å²) >= 11 is 0. The lowest BCUT2D eigenvalue weighted by atomic mass is 9.89. The van der Waals surface area contributed by atoms with E-state index in [4.69, 9.17) is 4.74 Å². The molecule has 4 nitrogen and oxygen atoms in total. The van der Waals surface area contributed by atoms with E-state index in [9.17, 15) is 9.59 Å². The minimum Gasteiger partial charge on any atom is -0.445 e. The standard InChI is InChI=1S/C16H19NO3/c1-3-4-7-10-17-15(19)16(2)11-12-8-5-6-9-13(12)14(18)20-16/h3-6,8-9H,7,10-11H2,1-2H3,(H,17,19)/b4-3-/t16-/m1/s1. The number of carbonyl (C=O) groups is 2. The van der Waals surface area contributed by atoms with Crippen LogP contribution in [0.15, 0.2) is 36.4 Å². The number of nitrogens with one attached hydrogen (secondary N) is 1. The fourth-order valence-electron chi connectivity index (χ4n) is 2.28. The Labute approximate surface area is 118 Å². The highest BCUT2D eigenvalue weighted by atomic mass is 16.6. The minimum atomic E-state index is -1.12. The van der Waals surface area contributed by atoms with Crippen LogP contribution in [0.2, 0.25) is 0 Å². The average molecular weight is 273 g/mol. The Hall–Kier alpha value is -2.10. The van der Waals surface area contributed by atoms with Crippen LogP contribution >= 0.6 is 0 Å². The smallest absolute Gasteiger partial charge is 0.339 e. The van der Waals surface area contributed by atoms with Crippen molar-refractivity contribution in [1.29, 1.82) is 0 Å². The first-order valence-corrected chi connectivity index (χ1v) is 6.77. The maximum absolute atomic E-state index is 12.2. The Morgan fingerprint density at radius 1 is 1.45 bits per heavy atom. The largest absolute Gasteiger partial charge is 0.445 e. The summed E-state index contributed by atoms with van der Waals surface area (Å²) in [5.74, 6) is -0.678. The molecule has 0 saturated carbocycles. The highest BCUT2D eigenvalue weighted by Crippen LogP contribution is 2.28. The van der Waals surface area contributed by atoms with E-state index < -0.39 is 11.6 Å². The van der Waals surface area contributed by atoms with Gasteiger partial charge >= 0.3 is 5.97 Å². The van der Waals surface area contributed by atoms with Crippen molar-refractivity contribution in [2.45, 2.75) is 32.3 Å². The van der Waals surface area contributed by atoms with Crippen molar-refractivity contribution in [2.75, 3.05) is 6.54 Å². The molecule has 2 rings (SSSR count). The van der Waals surface area contributed by atoms with E-state index in [1.165, 1.54) is 0 Å². The SMILES string of the molecule is C/C=C\CCNC(=O)[C@@]1(C)Cc2ccccc2C(=O)O1. The maximum Gasteiger partial charge on any atom is 0.339 e.